The lowest BCUT2D eigenvalue weighted by molar-refractivity contribution is -0.119. The number of carbonyl (C=O) groups excluding carboxylic acids is 2. The average molecular weight is 296 g/mol. The van der Waals surface area contributed by atoms with E-state index in [1.165, 1.54) is 18.6 Å². The van der Waals surface area contributed by atoms with E-state index < -0.39 is 0 Å². The summed E-state index contributed by atoms with van der Waals surface area (Å²) in [6.07, 6.45) is 6.92. The zero-order chi connectivity index (χ0) is 15.4. The number of hydrogen-bond donors (Lipinski definition) is 1. The zero-order valence-corrected chi connectivity index (χ0v) is 12.0. The highest BCUT2D eigenvalue weighted by molar-refractivity contribution is 6.03. The maximum atomic E-state index is 12.1. The number of nitrogens with one attached hydrogen (secondary N) is 1. The summed E-state index contributed by atoms with van der Waals surface area (Å²) in [6, 6.07) is 7.29. The molecule has 0 atom stereocenters. The van der Waals surface area contributed by atoms with E-state index in [0.29, 0.717) is 12.1 Å². The van der Waals surface area contributed by atoms with E-state index in [2.05, 4.69) is 15.3 Å². The summed E-state index contributed by atoms with van der Waals surface area (Å²) in [7, 11) is 0. The number of amides is 2. The van der Waals surface area contributed by atoms with Crippen LogP contribution >= 0.6 is 0 Å². The van der Waals surface area contributed by atoms with Crippen molar-refractivity contribution < 1.29 is 9.59 Å². The molecule has 0 saturated carbocycles. The molecule has 0 radical (unpaired) electrons. The number of benzene rings is 1. The van der Waals surface area contributed by atoms with E-state index in [0.717, 1.165) is 25.1 Å². The molecule has 0 aliphatic carbocycles. The molecule has 1 aliphatic heterocycles. The van der Waals surface area contributed by atoms with Gasteiger partial charge < -0.3 is 10.2 Å². The second-order valence-electron chi connectivity index (χ2n) is 5.10. The molecule has 1 aliphatic rings. The third-order valence-electron chi connectivity index (χ3n) is 3.53. The molecule has 6 heteroatoms. The Bertz CT molecular complexity index is 688. The van der Waals surface area contributed by atoms with Crippen LogP contribution in [0.4, 0.5) is 11.4 Å². The van der Waals surface area contributed by atoms with Crippen molar-refractivity contribution in [3.05, 3.63) is 48.5 Å². The van der Waals surface area contributed by atoms with Gasteiger partial charge in [-0.05, 0) is 31.0 Å². The fourth-order valence-corrected chi connectivity index (χ4v) is 2.44. The van der Waals surface area contributed by atoms with Crippen LogP contribution in [0.1, 0.15) is 29.8 Å². The van der Waals surface area contributed by atoms with Gasteiger partial charge in [0.15, 0.2) is 0 Å². The van der Waals surface area contributed by atoms with Crippen LogP contribution in [0.25, 0.3) is 0 Å². The quantitative estimate of drug-likeness (QED) is 0.942. The van der Waals surface area contributed by atoms with Gasteiger partial charge in [0.2, 0.25) is 5.91 Å². The molecule has 3 rings (SSSR count). The first-order chi connectivity index (χ1) is 10.7. The van der Waals surface area contributed by atoms with E-state index in [9.17, 15) is 9.59 Å². The summed E-state index contributed by atoms with van der Waals surface area (Å²) in [5.74, 6) is -0.195. The molecule has 0 bridgehead atoms. The SMILES string of the molecule is O=C(Nc1cccc(N2CCCCC2=O)c1)c1cnccn1. The second-order valence-corrected chi connectivity index (χ2v) is 5.10. The fourth-order valence-electron chi connectivity index (χ4n) is 2.44. The van der Waals surface area contributed by atoms with Gasteiger partial charge >= 0.3 is 0 Å². The Kier molecular flexibility index (Phi) is 4.09. The van der Waals surface area contributed by atoms with Crippen molar-refractivity contribution in [1.82, 2.24) is 9.97 Å². The Morgan fingerprint density at radius 2 is 2.14 bits per heavy atom. The standard InChI is InChI=1S/C16H16N4O2/c21-15-6-1-2-9-20(15)13-5-3-4-12(10-13)19-16(22)14-11-17-7-8-18-14/h3-5,7-8,10-11H,1-2,6,9H2,(H,19,22). The summed E-state index contributed by atoms with van der Waals surface area (Å²) in [5.41, 5.74) is 1.69. The number of carbonyl (C=O) groups is 2. The van der Waals surface area contributed by atoms with E-state index in [1.54, 1.807) is 17.0 Å². The minimum absolute atomic E-state index is 0.128. The molecule has 6 nitrogen and oxygen atoms in total. The number of nitrogens with zero attached hydrogens (tertiary/aromatic N) is 3. The number of rotatable bonds is 3. The van der Waals surface area contributed by atoms with Crippen molar-refractivity contribution in [3.63, 3.8) is 0 Å². The first-order valence-electron chi connectivity index (χ1n) is 7.22. The highest BCUT2D eigenvalue weighted by atomic mass is 16.2. The average Bonchev–Trinajstić information content (AvgIpc) is 2.56. The van der Waals surface area contributed by atoms with Crippen molar-refractivity contribution in [2.45, 2.75) is 19.3 Å². The van der Waals surface area contributed by atoms with Gasteiger partial charge in [-0.1, -0.05) is 6.07 Å². The van der Waals surface area contributed by atoms with Crippen LogP contribution in [0.5, 0.6) is 0 Å². The molecule has 112 valence electrons. The predicted molar refractivity (Wildman–Crippen MR) is 82.6 cm³/mol. The van der Waals surface area contributed by atoms with Crippen molar-refractivity contribution in [2.75, 3.05) is 16.8 Å². The molecule has 1 aromatic heterocycles. The Morgan fingerprint density at radius 3 is 2.91 bits per heavy atom. The van der Waals surface area contributed by atoms with E-state index in [4.69, 9.17) is 0 Å². The largest absolute Gasteiger partial charge is 0.321 e. The van der Waals surface area contributed by atoms with Crippen molar-refractivity contribution in [2.24, 2.45) is 0 Å². The van der Waals surface area contributed by atoms with Crippen LogP contribution in [-0.2, 0) is 4.79 Å². The number of aromatic nitrogens is 2. The lowest BCUT2D eigenvalue weighted by Gasteiger charge is -2.27. The maximum Gasteiger partial charge on any atom is 0.275 e. The van der Waals surface area contributed by atoms with Crippen molar-refractivity contribution >= 4 is 23.2 Å². The van der Waals surface area contributed by atoms with Gasteiger partial charge in [0.25, 0.3) is 5.91 Å². The van der Waals surface area contributed by atoms with E-state index >= 15 is 0 Å². The molecule has 0 spiro atoms. The summed E-state index contributed by atoms with van der Waals surface area (Å²) >= 11 is 0. The van der Waals surface area contributed by atoms with Crippen LogP contribution in [0.2, 0.25) is 0 Å². The lowest BCUT2D eigenvalue weighted by atomic mass is 10.1. The molecule has 1 fully saturated rings. The molecule has 1 aromatic carbocycles. The van der Waals surface area contributed by atoms with Gasteiger partial charge in [0.1, 0.15) is 5.69 Å². The number of piperidine rings is 1. The van der Waals surface area contributed by atoms with E-state index in [1.807, 2.05) is 12.1 Å². The topological polar surface area (TPSA) is 75.2 Å². The minimum Gasteiger partial charge on any atom is -0.321 e. The first-order valence-corrected chi connectivity index (χ1v) is 7.22. The van der Waals surface area contributed by atoms with Crippen molar-refractivity contribution in [3.8, 4) is 0 Å². The highest BCUT2D eigenvalue weighted by Gasteiger charge is 2.19. The van der Waals surface area contributed by atoms with E-state index in [-0.39, 0.29) is 17.5 Å². The van der Waals surface area contributed by atoms with Crippen LogP contribution in [0.15, 0.2) is 42.9 Å². The Morgan fingerprint density at radius 1 is 1.23 bits per heavy atom. The molecular formula is C16H16N4O2. The van der Waals surface area contributed by atoms with Gasteiger partial charge in [-0.3, -0.25) is 14.6 Å². The molecule has 2 aromatic rings. The highest BCUT2D eigenvalue weighted by Crippen LogP contribution is 2.24. The molecule has 1 saturated heterocycles. The molecular weight excluding hydrogens is 280 g/mol. The normalized spacial score (nSPS) is 14.7. The Balaban J connectivity index is 1.76. The smallest absolute Gasteiger partial charge is 0.275 e. The predicted octanol–water partition coefficient (Wildman–Crippen LogP) is 2.25. The number of hydrogen-bond acceptors (Lipinski definition) is 4. The van der Waals surface area contributed by atoms with Gasteiger partial charge in [0, 0.05) is 36.7 Å². The van der Waals surface area contributed by atoms with Gasteiger partial charge in [-0.25, -0.2) is 4.98 Å². The lowest BCUT2D eigenvalue weighted by Crippen LogP contribution is -2.35. The maximum absolute atomic E-state index is 12.1. The molecule has 22 heavy (non-hydrogen) atoms. The first kappa shape index (κ1) is 14.2. The third kappa shape index (κ3) is 3.11. The summed E-state index contributed by atoms with van der Waals surface area (Å²) in [6.45, 7) is 0.723. The van der Waals surface area contributed by atoms with Crippen LogP contribution in [0, 0.1) is 0 Å². The van der Waals surface area contributed by atoms with Gasteiger partial charge in [-0.15, -0.1) is 0 Å². The summed E-state index contributed by atoms with van der Waals surface area (Å²) in [4.78, 5) is 33.6. The number of anilines is 2. The fraction of sp³-hybridized carbons (Fsp3) is 0.250. The van der Waals surface area contributed by atoms with Gasteiger partial charge in [0.05, 0.1) is 6.20 Å². The van der Waals surface area contributed by atoms with Crippen molar-refractivity contribution in [1.29, 1.82) is 0 Å². The Hall–Kier alpha value is -2.76. The Labute approximate surface area is 128 Å². The molecule has 2 heterocycles. The van der Waals surface area contributed by atoms with Crippen LogP contribution in [0.3, 0.4) is 0 Å². The van der Waals surface area contributed by atoms with Crippen LogP contribution in [-0.4, -0.2) is 28.3 Å². The summed E-state index contributed by atoms with van der Waals surface area (Å²) < 4.78 is 0. The van der Waals surface area contributed by atoms with Crippen LogP contribution < -0.4 is 10.2 Å². The third-order valence-corrected chi connectivity index (χ3v) is 3.53. The molecule has 2 amide bonds. The second kappa shape index (κ2) is 6.34. The minimum atomic E-state index is -0.324. The molecule has 0 unspecified atom stereocenters. The molecule has 1 N–H and O–H groups in total. The monoisotopic (exact) mass is 296 g/mol. The summed E-state index contributed by atoms with van der Waals surface area (Å²) in [5, 5.41) is 2.77. The van der Waals surface area contributed by atoms with Gasteiger partial charge in [-0.2, -0.15) is 0 Å². The zero-order valence-electron chi connectivity index (χ0n) is 12.0.